The number of morpholine rings is 1. The van der Waals surface area contributed by atoms with Gasteiger partial charge in [0.25, 0.3) is 0 Å². The van der Waals surface area contributed by atoms with Crippen molar-refractivity contribution in [2.75, 3.05) is 36.5 Å². The van der Waals surface area contributed by atoms with Crippen LogP contribution in [0.2, 0.25) is 0 Å². The summed E-state index contributed by atoms with van der Waals surface area (Å²) in [7, 11) is 0. The van der Waals surface area contributed by atoms with E-state index in [9.17, 15) is 4.79 Å². The Balaban J connectivity index is 1.39. The van der Waals surface area contributed by atoms with Gasteiger partial charge in [0.15, 0.2) is 0 Å². The molecule has 1 fully saturated rings. The lowest BCUT2D eigenvalue weighted by atomic mass is 10.2. The normalized spacial score (nSPS) is 13.9. The molecule has 0 saturated carbocycles. The third-order valence-electron chi connectivity index (χ3n) is 4.77. The second-order valence-electron chi connectivity index (χ2n) is 6.75. The summed E-state index contributed by atoms with van der Waals surface area (Å²) in [6.07, 6.45) is 5.41. The van der Waals surface area contributed by atoms with E-state index in [0.717, 1.165) is 35.7 Å². The first kappa shape index (κ1) is 18.9. The molecule has 1 aliphatic heterocycles. The Kier molecular flexibility index (Phi) is 6.01. The number of carbonyl (C=O) groups is 1. The number of ether oxygens (including phenoxy) is 1. The van der Waals surface area contributed by atoms with Gasteiger partial charge in [-0.1, -0.05) is 24.3 Å². The molecule has 1 saturated heterocycles. The van der Waals surface area contributed by atoms with E-state index < -0.39 is 0 Å². The lowest BCUT2D eigenvalue weighted by Gasteiger charge is -2.29. The fourth-order valence-corrected chi connectivity index (χ4v) is 3.32. The summed E-state index contributed by atoms with van der Waals surface area (Å²) in [5, 5.41) is 10.1. The lowest BCUT2D eigenvalue weighted by Crippen LogP contribution is -2.38. The van der Waals surface area contributed by atoms with Gasteiger partial charge in [0, 0.05) is 49.5 Å². The molecule has 8 nitrogen and oxygen atoms in total. The van der Waals surface area contributed by atoms with Gasteiger partial charge in [-0.05, 0) is 23.8 Å². The van der Waals surface area contributed by atoms with Crippen LogP contribution in [0.15, 0.2) is 61.1 Å². The molecule has 8 heteroatoms. The Morgan fingerprint density at radius 3 is 2.69 bits per heavy atom. The Morgan fingerprint density at radius 2 is 1.86 bits per heavy atom. The fraction of sp³-hybridized carbons (Fsp3) is 0.286. The molecule has 3 heterocycles. The van der Waals surface area contributed by atoms with E-state index in [0.29, 0.717) is 26.3 Å². The van der Waals surface area contributed by atoms with Crippen molar-refractivity contribution in [3.63, 3.8) is 0 Å². The molecule has 150 valence electrons. The zero-order valence-electron chi connectivity index (χ0n) is 16.1. The van der Waals surface area contributed by atoms with Crippen LogP contribution in [0.3, 0.4) is 0 Å². The summed E-state index contributed by atoms with van der Waals surface area (Å²) in [5.74, 6) is 0.898. The zero-order chi connectivity index (χ0) is 19.9. The minimum absolute atomic E-state index is 0.255. The Hall–Kier alpha value is -3.39. The van der Waals surface area contributed by atoms with E-state index >= 15 is 0 Å². The molecule has 2 aromatic heterocycles. The van der Waals surface area contributed by atoms with Gasteiger partial charge in [-0.25, -0.2) is 9.78 Å². The maximum absolute atomic E-state index is 12.5. The van der Waals surface area contributed by atoms with E-state index in [2.05, 4.69) is 25.6 Å². The van der Waals surface area contributed by atoms with E-state index in [4.69, 9.17) is 4.74 Å². The number of nitrogens with zero attached hydrogens (tertiary/aromatic N) is 4. The Labute approximate surface area is 169 Å². The van der Waals surface area contributed by atoms with E-state index in [1.807, 2.05) is 53.3 Å². The molecular formula is C21H24N6O2. The van der Waals surface area contributed by atoms with Gasteiger partial charge in [-0.2, -0.15) is 5.10 Å². The molecule has 4 rings (SSSR count). The molecule has 0 aliphatic carbocycles. The largest absolute Gasteiger partial charge is 0.378 e. The third kappa shape index (κ3) is 4.91. The highest BCUT2D eigenvalue weighted by Crippen LogP contribution is 2.19. The molecule has 3 aromatic rings. The molecule has 0 atom stereocenters. The molecule has 0 radical (unpaired) electrons. The second kappa shape index (κ2) is 9.20. The van der Waals surface area contributed by atoms with Gasteiger partial charge >= 0.3 is 6.03 Å². The first-order chi connectivity index (χ1) is 14.3. The summed E-state index contributed by atoms with van der Waals surface area (Å²) in [6.45, 7) is 3.98. The van der Waals surface area contributed by atoms with Crippen LogP contribution in [0.25, 0.3) is 0 Å². The van der Waals surface area contributed by atoms with E-state index in [1.54, 1.807) is 12.4 Å². The average molecular weight is 392 g/mol. The van der Waals surface area contributed by atoms with E-state index in [1.165, 1.54) is 0 Å². The van der Waals surface area contributed by atoms with Crippen LogP contribution in [-0.2, 0) is 17.8 Å². The number of amides is 2. The molecule has 1 aliphatic rings. The van der Waals surface area contributed by atoms with Crippen LogP contribution in [0.4, 0.5) is 16.3 Å². The van der Waals surface area contributed by atoms with Crippen molar-refractivity contribution in [1.29, 1.82) is 0 Å². The molecule has 2 amide bonds. The van der Waals surface area contributed by atoms with Crippen molar-refractivity contribution in [3.8, 4) is 0 Å². The van der Waals surface area contributed by atoms with Crippen molar-refractivity contribution in [3.05, 3.63) is 72.2 Å². The van der Waals surface area contributed by atoms with Crippen molar-refractivity contribution in [2.45, 2.75) is 13.1 Å². The smallest absolute Gasteiger partial charge is 0.319 e. The van der Waals surface area contributed by atoms with Gasteiger partial charge in [0.05, 0.1) is 19.8 Å². The summed E-state index contributed by atoms with van der Waals surface area (Å²) in [5.41, 5.74) is 2.73. The molecule has 0 unspecified atom stereocenters. The van der Waals surface area contributed by atoms with Crippen LogP contribution < -0.4 is 15.5 Å². The number of carbonyl (C=O) groups excluding carboxylic acids is 1. The van der Waals surface area contributed by atoms with Gasteiger partial charge < -0.3 is 20.3 Å². The fourth-order valence-electron chi connectivity index (χ4n) is 3.32. The first-order valence-corrected chi connectivity index (χ1v) is 9.66. The predicted octanol–water partition coefficient (Wildman–Crippen LogP) is 2.48. The van der Waals surface area contributed by atoms with Crippen molar-refractivity contribution in [2.24, 2.45) is 0 Å². The van der Waals surface area contributed by atoms with Gasteiger partial charge in [-0.3, -0.25) is 4.68 Å². The number of nitrogens with one attached hydrogen (secondary N) is 2. The molecular weight excluding hydrogens is 368 g/mol. The zero-order valence-corrected chi connectivity index (χ0v) is 16.1. The number of hydrogen-bond donors (Lipinski definition) is 2. The minimum Gasteiger partial charge on any atom is -0.378 e. The van der Waals surface area contributed by atoms with Crippen LogP contribution in [-0.4, -0.2) is 47.1 Å². The predicted molar refractivity (Wildman–Crippen MR) is 111 cm³/mol. The summed E-state index contributed by atoms with van der Waals surface area (Å²) in [4.78, 5) is 19.2. The number of para-hydroxylation sites is 1. The van der Waals surface area contributed by atoms with Crippen LogP contribution >= 0.6 is 0 Å². The highest BCUT2D eigenvalue weighted by Gasteiger charge is 2.16. The van der Waals surface area contributed by atoms with E-state index in [-0.39, 0.29) is 6.03 Å². The van der Waals surface area contributed by atoms with Crippen LogP contribution in [0, 0.1) is 0 Å². The molecule has 29 heavy (non-hydrogen) atoms. The molecule has 1 aromatic carbocycles. The van der Waals surface area contributed by atoms with Crippen molar-refractivity contribution < 1.29 is 9.53 Å². The Morgan fingerprint density at radius 1 is 1.03 bits per heavy atom. The van der Waals surface area contributed by atoms with Gasteiger partial charge in [0.2, 0.25) is 0 Å². The number of benzene rings is 1. The quantitative estimate of drug-likeness (QED) is 0.673. The number of urea groups is 1. The number of pyridine rings is 1. The maximum Gasteiger partial charge on any atom is 0.319 e. The van der Waals surface area contributed by atoms with Crippen LogP contribution in [0.1, 0.15) is 11.1 Å². The topological polar surface area (TPSA) is 84.3 Å². The average Bonchev–Trinajstić information content (AvgIpc) is 3.28. The lowest BCUT2D eigenvalue weighted by molar-refractivity contribution is 0.122. The summed E-state index contributed by atoms with van der Waals surface area (Å²) < 4.78 is 7.24. The van der Waals surface area contributed by atoms with Gasteiger partial charge in [-0.15, -0.1) is 0 Å². The highest BCUT2D eigenvalue weighted by atomic mass is 16.5. The standard InChI is InChI=1S/C21H24N6O2/c28-21(25-19-7-2-1-5-18(19)16-27-10-4-9-24-27)23-15-17-6-3-8-22-20(17)26-11-13-29-14-12-26/h1-10H,11-16H2,(H2,23,25,28). The highest BCUT2D eigenvalue weighted by molar-refractivity contribution is 5.90. The number of hydrogen-bond acceptors (Lipinski definition) is 5. The Bertz CT molecular complexity index is 938. The number of anilines is 2. The SMILES string of the molecule is O=C(NCc1cccnc1N1CCOCC1)Nc1ccccc1Cn1cccn1. The van der Waals surface area contributed by atoms with Crippen LogP contribution in [0.5, 0.6) is 0 Å². The monoisotopic (exact) mass is 392 g/mol. The molecule has 2 N–H and O–H groups in total. The first-order valence-electron chi connectivity index (χ1n) is 9.66. The maximum atomic E-state index is 12.5. The summed E-state index contributed by atoms with van der Waals surface area (Å²) >= 11 is 0. The molecule has 0 bridgehead atoms. The number of rotatable bonds is 6. The molecule has 0 spiro atoms. The number of aromatic nitrogens is 3. The minimum atomic E-state index is -0.255. The van der Waals surface area contributed by atoms with Gasteiger partial charge in [0.1, 0.15) is 5.82 Å². The third-order valence-corrected chi connectivity index (χ3v) is 4.77. The van der Waals surface area contributed by atoms with Crippen molar-refractivity contribution in [1.82, 2.24) is 20.1 Å². The van der Waals surface area contributed by atoms with Crippen molar-refractivity contribution >= 4 is 17.5 Å². The summed E-state index contributed by atoms with van der Waals surface area (Å²) in [6, 6.07) is 13.2. The second-order valence-corrected chi connectivity index (χ2v) is 6.75.